The molecule has 0 saturated heterocycles. The maximum Gasteiger partial charge on any atom is 0.133 e. The molecule has 2 aromatic carbocycles. The summed E-state index contributed by atoms with van der Waals surface area (Å²) in [5.74, 6) is -0.0112. The molecule has 0 bridgehead atoms. The average Bonchev–Trinajstić information content (AvgIpc) is 2.26. The van der Waals surface area contributed by atoms with E-state index in [4.69, 9.17) is 0 Å². The molecule has 2 rings (SSSR count). The van der Waals surface area contributed by atoms with Crippen LogP contribution in [-0.4, -0.2) is 10.9 Å². The van der Waals surface area contributed by atoms with Gasteiger partial charge in [-0.15, -0.1) is 0 Å². The number of carbonyl (C=O) groups is 1. The fourth-order valence-electron chi connectivity index (χ4n) is 2.28. The quantitative estimate of drug-likeness (QED) is 0.876. The zero-order chi connectivity index (χ0) is 12.5. The molecule has 2 aromatic rings. The van der Waals surface area contributed by atoms with E-state index in [1.807, 2.05) is 42.5 Å². The molecule has 0 heterocycles. The number of carbonyl (C=O) groups excluding carboxylic acids is 1. The van der Waals surface area contributed by atoms with Crippen molar-refractivity contribution in [1.29, 1.82) is 0 Å². The topological polar surface area (TPSA) is 37.3 Å². The minimum absolute atomic E-state index is 0.0112. The lowest BCUT2D eigenvalue weighted by Crippen LogP contribution is -2.24. The molecule has 0 radical (unpaired) electrons. The second-order valence-electron chi connectivity index (χ2n) is 4.68. The third-order valence-corrected chi connectivity index (χ3v) is 2.96. The van der Waals surface area contributed by atoms with Gasteiger partial charge in [-0.25, -0.2) is 0 Å². The molecule has 1 N–H and O–H groups in total. The Morgan fingerprint density at radius 3 is 2.53 bits per heavy atom. The van der Waals surface area contributed by atoms with Crippen LogP contribution < -0.4 is 0 Å². The van der Waals surface area contributed by atoms with Gasteiger partial charge < -0.3 is 5.11 Å². The molecule has 0 amide bonds. The van der Waals surface area contributed by atoms with Crippen molar-refractivity contribution in [3.05, 3.63) is 48.0 Å². The van der Waals surface area contributed by atoms with Crippen LogP contribution in [-0.2, 0) is 10.4 Å². The Morgan fingerprint density at radius 2 is 1.82 bits per heavy atom. The third-order valence-electron chi connectivity index (χ3n) is 2.96. The molecule has 1 unspecified atom stereocenters. The molecule has 2 heteroatoms. The Bertz CT molecular complexity index is 550. The molecule has 0 aliphatic carbocycles. The zero-order valence-electron chi connectivity index (χ0n) is 10.1. The summed E-state index contributed by atoms with van der Waals surface area (Å²) in [7, 11) is 0. The lowest BCUT2D eigenvalue weighted by Gasteiger charge is -2.24. The van der Waals surface area contributed by atoms with E-state index < -0.39 is 5.60 Å². The molecule has 0 fully saturated rings. The van der Waals surface area contributed by atoms with Gasteiger partial charge in [-0.2, -0.15) is 0 Å². The Kier molecular flexibility index (Phi) is 2.99. The van der Waals surface area contributed by atoms with Crippen molar-refractivity contribution in [3.63, 3.8) is 0 Å². The summed E-state index contributed by atoms with van der Waals surface area (Å²) in [6.07, 6.45) is 0.140. The maximum atomic E-state index is 11.2. The van der Waals surface area contributed by atoms with E-state index >= 15 is 0 Å². The van der Waals surface area contributed by atoms with Crippen molar-refractivity contribution in [2.75, 3.05) is 0 Å². The fraction of sp³-hybridized carbons (Fsp3) is 0.267. The first-order valence-electron chi connectivity index (χ1n) is 5.71. The van der Waals surface area contributed by atoms with E-state index in [9.17, 15) is 9.90 Å². The predicted molar refractivity (Wildman–Crippen MR) is 68.8 cm³/mol. The van der Waals surface area contributed by atoms with Crippen LogP contribution in [0.5, 0.6) is 0 Å². The minimum atomic E-state index is -1.10. The number of rotatable bonds is 3. The molecule has 17 heavy (non-hydrogen) atoms. The Labute approximate surface area is 101 Å². The van der Waals surface area contributed by atoms with Crippen molar-refractivity contribution < 1.29 is 9.90 Å². The molecule has 0 aliphatic rings. The van der Waals surface area contributed by atoms with Crippen LogP contribution in [0.4, 0.5) is 0 Å². The van der Waals surface area contributed by atoms with Crippen LogP contribution in [0, 0.1) is 0 Å². The fourth-order valence-corrected chi connectivity index (χ4v) is 2.28. The average molecular weight is 228 g/mol. The highest BCUT2D eigenvalue weighted by atomic mass is 16.3. The number of fused-ring (bicyclic) bond motifs is 1. The Balaban J connectivity index is 2.58. The number of aliphatic hydroxyl groups is 1. The Morgan fingerprint density at radius 1 is 1.18 bits per heavy atom. The number of hydrogen-bond donors (Lipinski definition) is 1. The molecule has 88 valence electrons. The SMILES string of the molecule is CC(=O)CC(C)(O)c1cccc2ccccc12. The molecule has 0 aromatic heterocycles. The summed E-state index contributed by atoms with van der Waals surface area (Å²) in [4.78, 5) is 11.2. The zero-order valence-corrected chi connectivity index (χ0v) is 10.1. The van der Waals surface area contributed by atoms with E-state index in [2.05, 4.69) is 0 Å². The lowest BCUT2D eigenvalue weighted by molar-refractivity contribution is -0.121. The summed E-state index contributed by atoms with van der Waals surface area (Å²) >= 11 is 0. The van der Waals surface area contributed by atoms with Gasteiger partial charge in [0.2, 0.25) is 0 Å². The maximum absolute atomic E-state index is 11.2. The molecule has 0 aliphatic heterocycles. The van der Waals surface area contributed by atoms with Gasteiger partial charge in [-0.05, 0) is 30.2 Å². The number of ketones is 1. The van der Waals surface area contributed by atoms with E-state index in [1.165, 1.54) is 6.92 Å². The monoisotopic (exact) mass is 228 g/mol. The smallest absolute Gasteiger partial charge is 0.133 e. The first-order valence-corrected chi connectivity index (χ1v) is 5.71. The normalized spacial score (nSPS) is 14.5. The lowest BCUT2D eigenvalue weighted by atomic mass is 9.87. The predicted octanol–water partition coefficient (Wildman–Crippen LogP) is 3.03. The van der Waals surface area contributed by atoms with Crippen LogP contribution >= 0.6 is 0 Å². The van der Waals surface area contributed by atoms with Crippen LogP contribution in [0.25, 0.3) is 10.8 Å². The summed E-state index contributed by atoms with van der Waals surface area (Å²) in [6.45, 7) is 3.19. The van der Waals surface area contributed by atoms with E-state index in [-0.39, 0.29) is 12.2 Å². The molecule has 0 spiro atoms. The largest absolute Gasteiger partial charge is 0.385 e. The van der Waals surface area contributed by atoms with Crippen molar-refractivity contribution >= 4 is 16.6 Å². The summed E-state index contributed by atoms with van der Waals surface area (Å²) in [6, 6.07) is 13.7. The summed E-state index contributed by atoms with van der Waals surface area (Å²) in [5.41, 5.74) is -0.294. The van der Waals surface area contributed by atoms with Crippen molar-refractivity contribution in [1.82, 2.24) is 0 Å². The highest BCUT2D eigenvalue weighted by Crippen LogP contribution is 2.31. The van der Waals surface area contributed by atoms with Gasteiger partial charge in [0, 0.05) is 6.42 Å². The second-order valence-corrected chi connectivity index (χ2v) is 4.68. The van der Waals surface area contributed by atoms with E-state index in [1.54, 1.807) is 6.92 Å². The third kappa shape index (κ3) is 2.37. The summed E-state index contributed by atoms with van der Waals surface area (Å²) < 4.78 is 0. The molecule has 0 saturated carbocycles. The minimum Gasteiger partial charge on any atom is -0.385 e. The number of benzene rings is 2. The highest BCUT2D eigenvalue weighted by Gasteiger charge is 2.26. The van der Waals surface area contributed by atoms with Gasteiger partial charge in [0.25, 0.3) is 0 Å². The van der Waals surface area contributed by atoms with E-state index in [0.717, 1.165) is 16.3 Å². The van der Waals surface area contributed by atoms with Gasteiger partial charge in [-0.3, -0.25) is 4.79 Å². The molecular formula is C15H16O2. The van der Waals surface area contributed by atoms with Gasteiger partial charge in [-0.1, -0.05) is 42.5 Å². The van der Waals surface area contributed by atoms with Crippen LogP contribution in [0.1, 0.15) is 25.8 Å². The number of Topliss-reactive ketones (excluding diaryl/α,β-unsaturated/α-hetero) is 1. The van der Waals surface area contributed by atoms with Gasteiger partial charge >= 0.3 is 0 Å². The Hall–Kier alpha value is -1.67. The number of hydrogen-bond acceptors (Lipinski definition) is 2. The first-order chi connectivity index (χ1) is 8.00. The highest BCUT2D eigenvalue weighted by molar-refractivity contribution is 5.87. The van der Waals surface area contributed by atoms with Crippen LogP contribution in [0.2, 0.25) is 0 Å². The molecule has 1 atom stereocenters. The first kappa shape index (κ1) is 11.8. The van der Waals surface area contributed by atoms with Crippen LogP contribution in [0.3, 0.4) is 0 Å². The summed E-state index contributed by atoms with van der Waals surface area (Å²) in [5, 5.41) is 12.5. The molecular weight excluding hydrogens is 212 g/mol. The van der Waals surface area contributed by atoms with Crippen molar-refractivity contribution in [2.45, 2.75) is 25.9 Å². The standard InChI is InChI=1S/C15H16O2/c1-11(16)10-15(2,17)14-9-5-7-12-6-3-4-8-13(12)14/h3-9,17H,10H2,1-2H3. The van der Waals surface area contributed by atoms with Gasteiger partial charge in [0.1, 0.15) is 5.78 Å². The van der Waals surface area contributed by atoms with Crippen molar-refractivity contribution in [2.24, 2.45) is 0 Å². The van der Waals surface area contributed by atoms with Crippen molar-refractivity contribution in [3.8, 4) is 0 Å². The van der Waals surface area contributed by atoms with Gasteiger partial charge in [0.15, 0.2) is 0 Å². The van der Waals surface area contributed by atoms with Gasteiger partial charge in [0.05, 0.1) is 5.60 Å². The second kappa shape index (κ2) is 4.30. The molecule has 2 nitrogen and oxygen atoms in total. The van der Waals surface area contributed by atoms with E-state index in [0.29, 0.717) is 0 Å². The van der Waals surface area contributed by atoms with Crippen LogP contribution in [0.15, 0.2) is 42.5 Å².